The Labute approximate surface area is 98.7 Å². The predicted molar refractivity (Wildman–Crippen MR) is 59.2 cm³/mol. The summed E-state index contributed by atoms with van der Waals surface area (Å²) >= 11 is 0. The van der Waals surface area contributed by atoms with Crippen molar-refractivity contribution in [3.05, 3.63) is 29.3 Å². The van der Waals surface area contributed by atoms with Crippen LogP contribution in [0.4, 0.5) is 8.78 Å². The summed E-state index contributed by atoms with van der Waals surface area (Å²) in [5, 5.41) is 3.04. The van der Waals surface area contributed by atoms with E-state index < -0.39 is 17.2 Å². The molecule has 1 N–H and O–H groups in total. The van der Waals surface area contributed by atoms with Crippen LogP contribution in [0.5, 0.6) is 5.75 Å². The van der Waals surface area contributed by atoms with Gasteiger partial charge in [0, 0.05) is 44.3 Å². The Hall–Kier alpha value is -1.20. The lowest BCUT2D eigenvalue weighted by Crippen LogP contribution is -2.62. The van der Waals surface area contributed by atoms with E-state index in [-0.39, 0.29) is 17.7 Å². The van der Waals surface area contributed by atoms with Gasteiger partial charge in [-0.3, -0.25) is 0 Å². The maximum Gasteiger partial charge on any atom is 0.133 e. The molecule has 0 aliphatic carbocycles. The topological polar surface area (TPSA) is 30.5 Å². The van der Waals surface area contributed by atoms with E-state index in [4.69, 9.17) is 9.47 Å². The molecular formula is C12H15F2NO2. The van der Waals surface area contributed by atoms with E-state index in [9.17, 15) is 8.78 Å². The summed E-state index contributed by atoms with van der Waals surface area (Å²) in [4.78, 5) is 0. The van der Waals surface area contributed by atoms with Crippen LogP contribution in [0, 0.1) is 11.6 Å². The monoisotopic (exact) mass is 243 g/mol. The van der Waals surface area contributed by atoms with Gasteiger partial charge in [0.2, 0.25) is 0 Å². The zero-order chi connectivity index (χ0) is 12.5. The van der Waals surface area contributed by atoms with Crippen molar-refractivity contribution >= 4 is 0 Å². The molecular weight excluding hydrogens is 228 g/mol. The fourth-order valence-corrected chi connectivity index (χ4v) is 1.93. The maximum atomic E-state index is 13.7. The van der Waals surface area contributed by atoms with Crippen LogP contribution in [0.25, 0.3) is 0 Å². The van der Waals surface area contributed by atoms with Gasteiger partial charge in [-0.2, -0.15) is 0 Å². The zero-order valence-corrected chi connectivity index (χ0v) is 9.85. The van der Waals surface area contributed by atoms with Crippen LogP contribution in [0.3, 0.4) is 0 Å². The van der Waals surface area contributed by atoms with E-state index >= 15 is 0 Å². The summed E-state index contributed by atoms with van der Waals surface area (Å²) in [5.41, 5.74) is -0.440. The molecule has 0 amide bonds. The molecule has 1 aromatic carbocycles. The van der Waals surface area contributed by atoms with Crippen molar-refractivity contribution in [1.82, 2.24) is 5.32 Å². The summed E-state index contributed by atoms with van der Waals surface area (Å²) in [6.45, 7) is 1.21. The SMILES string of the molecule is COc1cc(F)c(CC2(OC)CNC2)c(F)c1. The van der Waals surface area contributed by atoms with Gasteiger partial charge in [0.05, 0.1) is 12.7 Å². The largest absolute Gasteiger partial charge is 0.497 e. The maximum absolute atomic E-state index is 13.7. The molecule has 0 aromatic heterocycles. The van der Waals surface area contributed by atoms with Crippen LogP contribution >= 0.6 is 0 Å². The molecule has 1 aliphatic rings. The van der Waals surface area contributed by atoms with Crippen LogP contribution in [-0.2, 0) is 11.2 Å². The number of ether oxygens (including phenoxy) is 2. The van der Waals surface area contributed by atoms with Crippen molar-refractivity contribution in [2.24, 2.45) is 0 Å². The number of hydrogen-bond acceptors (Lipinski definition) is 3. The fraction of sp³-hybridized carbons (Fsp3) is 0.500. The Morgan fingerprint density at radius 2 is 1.82 bits per heavy atom. The summed E-state index contributed by atoms with van der Waals surface area (Å²) in [6.07, 6.45) is 0.220. The van der Waals surface area contributed by atoms with Crippen molar-refractivity contribution in [2.45, 2.75) is 12.0 Å². The Morgan fingerprint density at radius 1 is 1.24 bits per heavy atom. The highest BCUT2D eigenvalue weighted by atomic mass is 19.1. The summed E-state index contributed by atoms with van der Waals surface area (Å²) < 4.78 is 37.6. The molecule has 3 nitrogen and oxygen atoms in total. The number of methoxy groups -OCH3 is 2. The molecule has 0 radical (unpaired) electrons. The van der Waals surface area contributed by atoms with Crippen LogP contribution in [0.2, 0.25) is 0 Å². The first-order valence-corrected chi connectivity index (χ1v) is 5.38. The van der Waals surface area contributed by atoms with Gasteiger partial charge in [-0.1, -0.05) is 0 Å². The van der Waals surface area contributed by atoms with Crippen molar-refractivity contribution < 1.29 is 18.3 Å². The van der Waals surface area contributed by atoms with Crippen LogP contribution < -0.4 is 10.1 Å². The normalized spacial score (nSPS) is 17.6. The van der Waals surface area contributed by atoms with Crippen LogP contribution in [-0.4, -0.2) is 32.9 Å². The summed E-state index contributed by atoms with van der Waals surface area (Å²) in [7, 11) is 2.93. The highest BCUT2D eigenvalue weighted by Gasteiger charge is 2.38. The third-order valence-corrected chi connectivity index (χ3v) is 3.18. The highest BCUT2D eigenvalue weighted by Crippen LogP contribution is 2.27. The van der Waals surface area contributed by atoms with Crippen LogP contribution in [0.15, 0.2) is 12.1 Å². The van der Waals surface area contributed by atoms with E-state index in [1.807, 2.05) is 0 Å². The van der Waals surface area contributed by atoms with Crippen LogP contribution in [0.1, 0.15) is 5.56 Å². The second-order valence-corrected chi connectivity index (χ2v) is 4.24. The van der Waals surface area contributed by atoms with Gasteiger partial charge >= 0.3 is 0 Å². The molecule has 0 unspecified atom stereocenters. The van der Waals surface area contributed by atoms with Gasteiger partial charge in [-0.05, 0) is 0 Å². The molecule has 17 heavy (non-hydrogen) atoms. The van der Waals surface area contributed by atoms with E-state index in [0.29, 0.717) is 13.1 Å². The number of benzene rings is 1. The molecule has 1 heterocycles. The molecule has 0 spiro atoms. The van der Waals surface area contributed by atoms with Crippen molar-refractivity contribution in [2.75, 3.05) is 27.3 Å². The Bertz CT molecular complexity index is 390. The molecule has 5 heteroatoms. The van der Waals surface area contributed by atoms with Crippen molar-refractivity contribution in [3.63, 3.8) is 0 Å². The first-order chi connectivity index (χ1) is 8.10. The van der Waals surface area contributed by atoms with Gasteiger partial charge in [0.1, 0.15) is 17.4 Å². The van der Waals surface area contributed by atoms with E-state index in [1.165, 1.54) is 19.2 Å². The molecule has 1 aromatic rings. The molecule has 2 rings (SSSR count). The zero-order valence-electron chi connectivity index (χ0n) is 9.85. The average Bonchev–Trinajstić information content (AvgIpc) is 2.26. The number of rotatable bonds is 4. The summed E-state index contributed by atoms with van der Waals surface area (Å²) in [6, 6.07) is 2.38. The average molecular weight is 243 g/mol. The van der Waals surface area contributed by atoms with Gasteiger partial charge in [-0.25, -0.2) is 8.78 Å². The molecule has 94 valence electrons. The van der Waals surface area contributed by atoms with Crippen molar-refractivity contribution in [1.29, 1.82) is 0 Å². The minimum absolute atomic E-state index is 0.0501. The Balaban J connectivity index is 2.26. The smallest absolute Gasteiger partial charge is 0.133 e. The molecule has 0 bridgehead atoms. The summed E-state index contributed by atoms with van der Waals surface area (Å²) in [5.74, 6) is -1.00. The van der Waals surface area contributed by atoms with Gasteiger partial charge in [0.25, 0.3) is 0 Å². The van der Waals surface area contributed by atoms with Gasteiger partial charge in [0.15, 0.2) is 0 Å². The lowest BCUT2D eigenvalue weighted by molar-refractivity contribution is -0.0512. The molecule has 1 fully saturated rings. The van der Waals surface area contributed by atoms with E-state index in [0.717, 1.165) is 0 Å². The standard InChI is InChI=1S/C12H15F2NO2/c1-16-8-3-10(13)9(11(14)4-8)5-12(17-2)6-15-7-12/h3-4,15H,5-7H2,1-2H3. The first kappa shape index (κ1) is 12.3. The van der Waals surface area contributed by atoms with E-state index in [2.05, 4.69) is 5.32 Å². The van der Waals surface area contributed by atoms with E-state index in [1.54, 1.807) is 7.11 Å². The lowest BCUT2D eigenvalue weighted by atomic mass is 9.88. The lowest BCUT2D eigenvalue weighted by Gasteiger charge is -2.41. The predicted octanol–water partition coefficient (Wildman–Crippen LogP) is 1.50. The third-order valence-electron chi connectivity index (χ3n) is 3.18. The minimum Gasteiger partial charge on any atom is -0.497 e. The molecule has 0 saturated carbocycles. The molecule has 0 atom stereocenters. The number of halogens is 2. The fourth-order valence-electron chi connectivity index (χ4n) is 1.93. The van der Waals surface area contributed by atoms with Gasteiger partial charge in [-0.15, -0.1) is 0 Å². The Kier molecular flexibility index (Phi) is 3.31. The first-order valence-electron chi connectivity index (χ1n) is 5.38. The van der Waals surface area contributed by atoms with Crippen molar-refractivity contribution in [3.8, 4) is 5.75 Å². The quantitative estimate of drug-likeness (QED) is 0.869. The number of hydrogen-bond donors (Lipinski definition) is 1. The minimum atomic E-state index is -0.592. The van der Waals surface area contributed by atoms with Gasteiger partial charge < -0.3 is 14.8 Å². The second-order valence-electron chi connectivity index (χ2n) is 4.24. The molecule has 1 aliphatic heterocycles. The second kappa shape index (κ2) is 4.58. The number of nitrogens with one attached hydrogen (secondary N) is 1. The third kappa shape index (κ3) is 2.25. The molecule has 1 saturated heterocycles. The Morgan fingerprint density at radius 3 is 2.18 bits per heavy atom. The highest BCUT2D eigenvalue weighted by molar-refractivity contribution is 5.32.